The average molecular weight is 400 g/mol. The van der Waals surface area contributed by atoms with Crippen LogP contribution in [-0.2, 0) is 11.4 Å². The van der Waals surface area contributed by atoms with Crippen molar-refractivity contribution in [2.45, 2.75) is 13.5 Å². The van der Waals surface area contributed by atoms with E-state index in [1.54, 1.807) is 19.2 Å². The molecule has 0 bridgehead atoms. The summed E-state index contributed by atoms with van der Waals surface area (Å²) in [7, 11) is 1.60. The lowest BCUT2D eigenvalue weighted by Gasteiger charge is -2.11. The number of nitro benzene ring substituents is 1. The number of nitro groups is 1. The Kier molecular flexibility index (Phi) is 5.57. The van der Waals surface area contributed by atoms with Gasteiger partial charge in [-0.15, -0.1) is 0 Å². The molecule has 0 aliphatic carbocycles. The van der Waals surface area contributed by atoms with Gasteiger partial charge in [-0.3, -0.25) is 19.8 Å². The van der Waals surface area contributed by atoms with Crippen molar-refractivity contribution in [3.8, 4) is 5.75 Å². The fourth-order valence-corrected chi connectivity index (χ4v) is 3.68. The van der Waals surface area contributed by atoms with Crippen molar-refractivity contribution < 1.29 is 14.5 Å². The van der Waals surface area contributed by atoms with Crippen LogP contribution < -0.4 is 4.74 Å². The predicted octanol–water partition coefficient (Wildman–Crippen LogP) is 4.31. The third kappa shape index (κ3) is 4.17. The second-order valence-electron chi connectivity index (χ2n) is 5.94. The van der Waals surface area contributed by atoms with Crippen molar-refractivity contribution in [3.63, 3.8) is 0 Å². The number of nitrogens with zero attached hydrogens (tertiary/aromatic N) is 2. The fraction of sp³-hybridized carbons (Fsp3) is 0.158. The van der Waals surface area contributed by atoms with Gasteiger partial charge < -0.3 is 4.74 Å². The molecule has 1 amide bonds. The SMILES string of the molecule is Cc1ccccc1COc1ccc([N+](=O)[O-])cc1/C=C1\SC(=S)N(C)C1=O. The zero-order chi connectivity index (χ0) is 19.6. The van der Waals surface area contributed by atoms with Crippen LogP contribution in [0.5, 0.6) is 5.75 Å². The first-order chi connectivity index (χ1) is 12.9. The van der Waals surface area contributed by atoms with Crippen LogP contribution in [0.25, 0.3) is 6.08 Å². The molecular weight excluding hydrogens is 384 g/mol. The molecule has 3 rings (SSSR count). The number of rotatable bonds is 5. The highest BCUT2D eigenvalue weighted by molar-refractivity contribution is 8.26. The van der Waals surface area contributed by atoms with Gasteiger partial charge in [0.1, 0.15) is 16.7 Å². The van der Waals surface area contributed by atoms with Gasteiger partial charge >= 0.3 is 0 Å². The van der Waals surface area contributed by atoms with Gasteiger partial charge in [-0.1, -0.05) is 48.2 Å². The number of ether oxygens (including phenoxy) is 1. The summed E-state index contributed by atoms with van der Waals surface area (Å²) in [5.74, 6) is 0.228. The van der Waals surface area contributed by atoms with Gasteiger partial charge in [0.05, 0.1) is 9.83 Å². The number of hydrogen-bond acceptors (Lipinski definition) is 6. The van der Waals surface area contributed by atoms with Crippen molar-refractivity contribution in [2.24, 2.45) is 0 Å². The van der Waals surface area contributed by atoms with Crippen LogP contribution in [-0.4, -0.2) is 27.1 Å². The molecule has 1 heterocycles. The third-order valence-corrected chi connectivity index (χ3v) is 5.61. The third-order valence-electron chi connectivity index (χ3n) is 4.12. The van der Waals surface area contributed by atoms with Crippen LogP contribution in [0.4, 0.5) is 5.69 Å². The Hall–Kier alpha value is -2.71. The number of thioether (sulfide) groups is 1. The molecule has 1 saturated heterocycles. The second-order valence-corrected chi connectivity index (χ2v) is 7.61. The van der Waals surface area contributed by atoms with Gasteiger partial charge in [0, 0.05) is 24.7 Å². The monoisotopic (exact) mass is 400 g/mol. The van der Waals surface area contributed by atoms with Crippen LogP contribution in [0.2, 0.25) is 0 Å². The van der Waals surface area contributed by atoms with E-state index in [1.807, 2.05) is 31.2 Å². The summed E-state index contributed by atoms with van der Waals surface area (Å²) in [5, 5.41) is 11.1. The highest BCUT2D eigenvalue weighted by Gasteiger charge is 2.29. The van der Waals surface area contributed by atoms with Crippen LogP contribution in [0.15, 0.2) is 47.4 Å². The van der Waals surface area contributed by atoms with Crippen LogP contribution >= 0.6 is 24.0 Å². The molecule has 0 saturated carbocycles. The van der Waals surface area contributed by atoms with Gasteiger partial charge in [0.25, 0.3) is 11.6 Å². The van der Waals surface area contributed by atoms with Crippen LogP contribution in [0, 0.1) is 17.0 Å². The molecule has 0 atom stereocenters. The van der Waals surface area contributed by atoms with E-state index in [9.17, 15) is 14.9 Å². The lowest BCUT2D eigenvalue weighted by Crippen LogP contribution is -2.22. The number of hydrogen-bond donors (Lipinski definition) is 0. The maximum atomic E-state index is 12.2. The highest BCUT2D eigenvalue weighted by atomic mass is 32.2. The Balaban J connectivity index is 1.94. The zero-order valence-corrected chi connectivity index (χ0v) is 16.3. The number of likely N-dealkylation sites (N-methyl/N-ethyl adjacent to an activating group) is 1. The molecule has 8 heteroatoms. The summed E-state index contributed by atoms with van der Waals surface area (Å²) >= 11 is 6.29. The summed E-state index contributed by atoms with van der Waals surface area (Å²) in [6, 6.07) is 12.2. The lowest BCUT2D eigenvalue weighted by molar-refractivity contribution is -0.384. The molecule has 138 valence electrons. The van der Waals surface area contributed by atoms with E-state index in [4.69, 9.17) is 17.0 Å². The van der Waals surface area contributed by atoms with Crippen molar-refractivity contribution in [1.29, 1.82) is 0 Å². The maximum absolute atomic E-state index is 12.2. The fourth-order valence-electron chi connectivity index (χ4n) is 2.51. The number of carbonyl (C=O) groups excluding carboxylic acids is 1. The molecule has 0 unspecified atom stereocenters. The number of aryl methyl sites for hydroxylation is 1. The van der Waals surface area contributed by atoms with Crippen molar-refractivity contribution in [3.05, 3.63) is 74.2 Å². The normalized spacial score (nSPS) is 15.5. The Bertz CT molecular complexity index is 972. The summed E-state index contributed by atoms with van der Waals surface area (Å²) in [6.45, 7) is 2.31. The molecule has 2 aromatic rings. The lowest BCUT2D eigenvalue weighted by atomic mass is 10.1. The molecule has 6 nitrogen and oxygen atoms in total. The second kappa shape index (κ2) is 7.89. The molecule has 1 aliphatic rings. The molecule has 1 aliphatic heterocycles. The summed E-state index contributed by atoms with van der Waals surface area (Å²) in [4.78, 5) is 24.7. The Morgan fingerprint density at radius 2 is 2.04 bits per heavy atom. The smallest absolute Gasteiger partial charge is 0.270 e. The van der Waals surface area contributed by atoms with Gasteiger partial charge in [0.15, 0.2) is 0 Å². The number of benzene rings is 2. The predicted molar refractivity (Wildman–Crippen MR) is 110 cm³/mol. The average Bonchev–Trinajstić information content (AvgIpc) is 2.88. The van der Waals surface area contributed by atoms with Gasteiger partial charge in [-0.2, -0.15) is 0 Å². The maximum Gasteiger partial charge on any atom is 0.270 e. The molecule has 0 radical (unpaired) electrons. The summed E-state index contributed by atoms with van der Waals surface area (Å²) < 4.78 is 6.35. The van der Waals surface area contributed by atoms with Crippen LogP contribution in [0.1, 0.15) is 16.7 Å². The molecule has 1 fully saturated rings. The van der Waals surface area contributed by atoms with Crippen molar-refractivity contribution in [1.82, 2.24) is 4.90 Å². The van der Waals surface area contributed by atoms with E-state index >= 15 is 0 Å². The number of carbonyl (C=O) groups is 1. The molecule has 0 aromatic heterocycles. The summed E-state index contributed by atoms with van der Waals surface area (Å²) in [5.41, 5.74) is 2.50. The minimum Gasteiger partial charge on any atom is -0.488 e. The van der Waals surface area contributed by atoms with Crippen molar-refractivity contribution in [2.75, 3.05) is 7.05 Å². The first-order valence-electron chi connectivity index (χ1n) is 8.04. The Morgan fingerprint density at radius 1 is 1.30 bits per heavy atom. The molecule has 0 spiro atoms. The minimum atomic E-state index is -0.479. The Morgan fingerprint density at radius 3 is 2.67 bits per heavy atom. The van der Waals surface area contributed by atoms with E-state index in [0.717, 1.165) is 22.9 Å². The van der Waals surface area contributed by atoms with Gasteiger partial charge in [-0.05, 0) is 30.2 Å². The number of amides is 1. The van der Waals surface area contributed by atoms with E-state index in [-0.39, 0.29) is 11.6 Å². The largest absolute Gasteiger partial charge is 0.488 e. The molecule has 0 N–H and O–H groups in total. The minimum absolute atomic E-state index is 0.0727. The van der Waals surface area contributed by atoms with Crippen molar-refractivity contribution >= 4 is 46.0 Å². The quantitative estimate of drug-likeness (QED) is 0.322. The van der Waals surface area contributed by atoms with E-state index < -0.39 is 4.92 Å². The number of non-ortho nitro benzene ring substituents is 1. The standard InChI is InChI=1S/C19H16N2O4S2/c1-12-5-3-4-6-13(12)11-25-16-8-7-15(21(23)24)9-14(16)10-17-18(22)20(2)19(26)27-17/h3-10H,11H2,1-2H3/b17-10-. The van der Waals surface area contributed by atoms with Gasteiger partial charge in [0.2, 0.25) is 0 Å². The van der Waals surface area contributed by atoms with Gasteiger partial charge in [-0.25, -0.2) is 0 Å². The first kappa shape index (κ1) is 19.1. The molecule has 27 heavy (non-hydrogen) atoms. The topological polar surface area (TPSA) is 72.7 Å². The molecule has 2 aromatic carbocycles. The van der Waals surface area contributed by atoms with Crippen LogP contribution in [0.3, 0.4) is 0 Å². The highest BCUT2D eigenvalue weighted by Crippen LogP contribution is 2.34. The first-order valence-corrected chi connectivity index (χ1v) is 9.26. The summed E-state index contributed by atoms with van der Waals surface area (Å²) in [6.07, 6.45) is 1.59. The zero-order valence-electron chi connectivity index (χ0n) is 14.7. The van der Waals surface area contributed by atoms with E-state index in [0.29, 0.717) is 27.1 Å². The van der Waals surface area contributed by atoms with E-state index in [1.165, 1.54) is 17.0 Å². The van der Waals surface area contributed by atoms with E-state index in [2.05, 4.69) is 0 Å². The number of thiocarbonyl (C=S) groups is 1. The molecular formula is C19H16N2O4S2. The Labute approximate surface area is 166 Å².